The molecule has 90 valence electrons. The fourth-order valence-electron chi connectivity index (χ4n) is 1.88. The summed E-state index contributed by atoms with van der Waals surface area (Å²) < 4.78 is 0. The Bertz CT molecular complexity index is 304. The van der Waals surface area contributed by atoms with Gasteiger partial charge in [0.25, 0.3) is 0 Å². The predicted molar refractivity (Wildman–Crippen MR) is 70.9 cm³/mol. The second-order valence-corrected chi connectivity index (χ2v) is 6.03. The minimum atomic E-state index is 0.598. The van der Waals surface area contributed by atoms with Gasteiger partial charge in [0.15, 0.2) is 0 Å². The van der Waals surface area contributed by atoms with E-state index in [2.05, 4.69) is 48.7 Å². The van der Waals surface area contributed by atoms with E-state index in [1.165, 1.54) is 17.7 Å². The van der Waals surface area contributed by atoms with Gasteiger partial charge in [-0.3, -0.25) is 0 Å². The molecule has 0 aromatic carbocycles. The van der Waals surface area contributed by atoms with Crippen molar-refractivity contribution >= 4 is 11.3 Å². The van der Waals surface area contributed by atoms with Crippen LogP contribution in [0.5, 0.6) is 0 Å². The maximum atomic E-state index is 3.73. The lowest BCUT2D eigenvalue weighted by Gasteiger charge is -2.24. The van der Waals surface area contributed by atoms with Crippen LogP contribution >= 0.6 is 11.3 Å². The summed E-state index contributed by atoms with van der Waals surface area (Å²) in [7, 11) is 4.28. The minimum absolute atomic E-state index is 0.598. The first-order valence-corrected chi connectivity index (χ1v) is 6.99. The lowest BCUT2D eigenvalue weighted by atomic mass is 10.1. The van der Waals surface area contributed by atoms with E-state index in [9.17, 15) is 0 Å². The molecule has 1 aliphatic carbocycles. The summed E-state index contributed by atoms with van der Waals surface area (Å²) in [5, 5.41) is 5.92. The van der Waals surface area contributed by atoms with Crippen LogP contribution in [0.1, 0.15) is 30.7 Å². The normalized spacial score (nSPS) is 20.0. The summed E-state index contributed by atoms with van der Waals surface area (Å²) in [5.74, 6) is 0.882. The van der Waals surface area contributed by atoms with E-state index in [-0.39, 0.29) is 0 Å². The average Bonchev–Trinajstić information content (AvgIpc) is 2.93. The van der Waals surface area contributed by atoms with Crippen molar-refractivity contribution in [3.63, 3.8) is 0 Å². The van der Waals surface area contributed by atoms with E-state index in [0.717, 1.165) is 12.5 Å². The molecule has 0 spiro atoms. The average molecular weight is 238 g/mol. The standard InChI is InChI=1S/C13H22N2S/c1-10(15(2)3)9-14-13(11-6-7-11)12-5-4-8-16-12/h4-5,8,10-11,13-14H,6-7,9H2,1-3H3. The van der Waals surface area contributed by atoms with Crippen molar-refractivity contribution in [2.75, 3.05) is 20.6 Å². The Balaban J connectivity index is 1.89. The van der Waals surface area contributed by atoms with E-state index in [1.54, 1.807) is 0 Å². The van der Waals surface area contributed by atoms with Gasteiger partial charge in [0.2, 0.25) is 0 Å². The van der Waals surface area contributed by atoms with Crippen LogP contribution in [0, 0.1) is 5.92 Å². The summed E-state index contributed by atoms with van der Waals surface area (Å²) >= 11 is 1.88. The van der Waals surface area contributed by atoms with Crippen molar-refractivity contribution in [1.82, 2.24) is 10.2 Å². The van der Waals surface area contributed by atoms with Gasteiger partial charge < -0.3 is 10.2 Å². The first kappa shape index (κ1) is 12.1. The van der Waals surface area contributed by atoms with Crippen LogP contribution in [-0.4, -0.2) is 31.6 Å². The SMILES string of the molecule is CC(CNC(c1cccs1)C1CC1)N(C)C. The van der Waals surface area contributed by atoms with E-state index < -0.39 is 0 Å². The topological polar surface area (TPSA) is 15.3 Å². The zero-order valence-corrected chi connectivity index (χ0v) is 11.3. The second-order valence-electron chi connectivity index (χ2n) is 5.05. The fourth-order valence-corrected chi connectivity index (χ4v) is 2.77. The molecule has 2 rings (SSSR count). The zero-order valence-electron chi connectivity index (χ0n) is 10.4. The molecule has 1 aliphatic rings. The van der Waals surface area contributed by atoms with Crippen molar-refractivity contribution in [3.8, 4) is 0 Å². The molecule has 1 saturated carbocycles. The first-order chi connectivity index (χ1) is 7.68. The second kappa shape index (κ2) is 5.30. The lowest BCUT2D eigenvalue weighted by molar-refractivity contribution is 0.289. The fraction of sp³-hybridized carbons (Fsp3) is 0.692. The highest BCUT2D eigenvalue weighted by Crippen LogP contribution is 2.42. The molecule has 1 fully saturated rings. The minimum Gasteiger partial charge on any atom is -0.307 e. The molecule has 1 aromatic heterocycles. The highest BCUT2D eigenvalue weighted by molar-refractivity contribution is 7.10. The molecule has 2 nitrogen and oxygen atoms in total. The van der Waals surface area contributed by atoms with E-state index >= 15 is 0 Å². The van der Waals surface area contributed by atoms with Crippen LogP contribution < -0.4 is 5.32 Å². The summed E-state index contributed by atoms with van der Waals surface area (Å²) in [6.07, 6.45) is 2.79. The van der Waals surface area contributed by atoms with Gasteiger partial charge in [-0.2, -0.15) is 0 Å². The van der Waals surface area contributed by atoms with Gasteiger partial charge in [-0.15, -0.1) is 11.3 Å². The Morgan fingerprint density at radius 1 is 1.50 bits per heavy atom. The van der Waals surface area contributed by atoms with E-state index in [0.29, 0.717) is 12.1 Å². The van der Waals surface area contributed by atoms with Gasteiger partial charge in [0, 0.05) is 23.5 Å². The van der Waals surface area contributed by atoms with Crippen LogP contribution in [0.25, 0.3) is 0 Å². The van der Waals surface area contributed by atoms with Gasteiger partial charge in [-0.1, -0.05) is 6.07 Å². The van der Waals surface area contributed by atoms with Crippen LogP contribution in [0.3, 0.4) is 0 Å². The molecule has 1 heterocycles. The molecule has 3 heteroatoms. The van der Waals surface area contributed by atoms with Crippen molar-refractivity contribution in [3.05, 3.63) is 22.4 Å². The predicted octanol–water partition coefficient (Wildman–Crippen LogP) is 2.74. The Morgan fingerprint density at radius 2 is 2.25 bits per heavy atom. The van der Waals surface area contributed by atoms with Crippen LogP contribution in [-0.2, 0) is 0 Å². The lowest BCUT2D eigenvalue weighted by Crippen LogP contribution is -2.37. The molecule has 0 bridgehead atoms. The highest BCUT2D eigenvalue weighted by Gasteiger charge is 2.32. The number of nitrogens with zero attached hydrogens (tertiary/aromatic N) is 1. The highest BCUT2D eigenvalue weighted by atomic mass is 32.1. The van der Waals surface area contributed by atoms with Crippen molar-refractivity contribution in [2.45, 2.75) is 31.8 Å². The summed E-state index contributed by atoms with van der Waals surface area (Å²) in [6, 6.07) is 5.62. The number of likely N-dealkylation sites (N-methyl/N-ethyl adjacent to an activating group) is 1. The maximum Gasteiger partial charge on any atom is 0.0443 e. The smallest absolute Gasteiger partial charge is 0.0443 e. The van der Waals surface area contributed by atoms with Crippen molar-refractivity contribution in [2.24, 2.45) is 5.92 Å². The number of rotatable bonds is 6. The Hall–Kier alpha value is -0.380. The quantitative estimate of drug-likeness (QED) is 0.820. The Kier molecular flexibility index (Phi) is 4.00. The summed E-state index contributed by atoms with van der Waals surface area (Å²) in [6.45, 7) is 3.34. The molecule has 0 radical (unpaired) electrons. The maximum absolute atomic E-state index is 3.73. The van der Waals surface area contributed by atoms with Crippen LogP contribution in [0.15, 0.2) is 17.5 Å². The van der Waals surface area contributed by atoms with E-state index in [1.807, 2.05) is 11.3 Å². The molecule has 2 unspecified atom stereocenters. The Labute approximate surface area is 103 Å². The van der Waals surface area contributed by atoms with E-state index in [4.69, 9.17) is 0 Å². The first-order valence-electron chi connectivity index (χ1n) is 6.11. The molecule has 2 atom stereocenters. The number of hydrogen-bond acceptors (Lipinski definition) is 3. The third kappa shape index (κ3) is 3.06. The van der Waals surface area contributed by atoms with Crippen LogP contribution in [0.4, 0.5) is 0 Å². The molecule has 0 amide bonds. The third-order valence-corrected chi connectivity index (χ3v) is 4.41. The number of thiophene rings is 1. The molecule has 16 heavy (non-hydrogen) atoms. The number of nitrogens with one attached hydrogen (secondary N) is 1. The molecular formula is C13H22N2S. The Morgan fingerprint density at radius 3 is 2.75 bits per heavy atom. The van der Waals surface area contributed by atoms with Crippen molar-refractivity contribution < 1.29 is 0 Å². The summed E-state index contributed by atoms with van der Waals surface area (Å²) in [5.41, 5.74) is 0. The molecule has 1 aromatic rings. The van der Waals surface area contributed by atoms with Gasteiger partial charge in [-0.25, -0.2) is 0 Å². The largest absolute Gasteiger partial charge is 0.307 e. The van der Waals surface area contributed by atoms with Gasteiger partial charge in [0.05, 0.1) is 0 Å². The molecular weight excluding hydrogens is 216 g/mol. The van der Waals surface area contributed by atoms with Crippen LogP contribution in [0.2, 0.25) is 0 Å². The molecule has 1 N–H and O–H groups in total. The molecule has 0 aliphatic heterocycles. The van der Waals surface area contributed by atoms with Crippen molar-refractivity contribution in [1.29, 1.82) is 0 Å². The number of hydrogen-bond donors (Lipinski definition) is 1. The monoisotopic (exact) mass is 238 g/mol. The van der Waals surface area contributed by atoms with Gasteiger partial charge >= 0.3 is 0 Å². The summed E-state index contributed by atoms with van der Waals surface area (Å²) in [4.78, 5) is 3.78. The third-order valence-electron chi connectivity index (χ3n) is 3.46. The van der Waals surface area contributed by atoms with Gasteiger partial charge in [-0.05, 0) is 51.2 Å². The zero-order chi connectivity index (χ0) is 11.5. The molecule has 0 saturated heterocycles. The van der Waals surface area contributed by atoms with Gasteiger partial charge in [0.1, 0.15) is 0 Å².